The number of carbonyl (C=O) groups is 1. The number of aryl methyl sites for hydroxylation is 1. The number of hydrogen-bond acceptors (Lipinski definition) is 3. The van der Waals surface area contributed by atoms with E-state index < -0.39 is 0 Å². The minimum Gasteiger partial charge on any atom is -0.360 e. The second kappa shape index (κ2) is 5.55. The van der Waals surface area contributed by atoms with Gasteiger partial charge >= 0.3 is 6.03 Å². The molecule has 2 rings (SSSR count). The summed E-state index contributed by atoms with van der Waals surface area (Å²) < 4.78 is 4.83. The highest BCUT2D eigenvalue weighted by atomic mass is 35.5. The number of anilines is 1. The summed E-state index contributed by atoms with van der Waals surface area (Å²) in [5.74, 6) is 1.02. The molecule has 1 aromatic heterocycles. The molecular weight excluding hydrogens is 254 g/mol. The largest absolute Gasteiger partial charge is 0.360 e. The van der Waals surface area contributed by atoms with Crippen LogP contribution in [0.25, 0.3) is 0 Å². The van der Waals surface area contributed by atoms with Crippen molar-refractivity contribution >= 4 is 23.4 Å². The Hall–Kier alpha value is -2.01. The number of benzene rings is 1. The van der Waals surface area contributed by atoms with Crippen LogP contribution in [0.4, 0.5) is 10.6 Å². The lowest BCUT2D eigenvalue weighted by Gasteiger charge is -2.05. The summed E-state index contributed by atoms with van der Waals surface area (Å²) in [4.78, 5) is 11.5. The second-order valence-electron chi connectivity index (χ2n) is 3.76. The van der Waals surface area contributed by atoms with Crippen LogP contribution < -0.4 is 10.6 Å². The molecule has 0 saturated heterocycles. The van der Waals surface area contributed by atoms with Crippen LogP contribution in [0.3, 0.4) is 0 Å². The minimum atomic E-state index is -0.344. The molecule has 0 atom stereocenters. The van der Waals surface area contributed by atoms with Crippen LogP contribution in [0.2, 0.25) is 5.02 Å². The Morgan fingerprint density at radius 2 is 2.28 bits per heavy atom. The van der Waals surface area contributed by atoms with Gasteiger partial charge in [-0.3, -0.25) is 5.32 Å². The Balaban J connectivity index is 1.85. The number of nitrogens with one attached hydrogen (secondary N) is 2. The Bertz CT molecular complexity index is 554. The van der Waals surface area contributed by atoms with Crippen LogP contribution in [0.1, 0.15) is 11.3 Å². The Kier molecular flexibility index (Phi) is 3.84. The first-order valence-corrected chi connectivity index (χ1v) is 5.74. The third-order valence-corrected chi connectivity index (χ3v) is 2.45. The fourth-order valence-electron chi connectivity index (χ4n) is 1.42. The van der Waals surface area contributed by atoms with E-state index in [1.165, 1.54) is 0 Å². The van der Waals surface area contributed by atoms with Gasteiger partial charge in [0.1, 0.15) is 5.76 Å². The quantitative estimate of drug-likeness (QED) is 0.897. The standard InChI is InChI=1S/C12H12ClN3O2/c1-8-5-11(16-18-8)15-12(17)14-7-9-3-2-4-10(13)6-9/h2-6H,7H2,1H3,(H2,14,15,16,17). The van der Waals surface area contributed by atoms with Crippen LogP contribution in [0.15, 0.2) is 34.9 Å². The summed E-state index contributed by atoms with van der Waals surface area (Å²) in [6.45, 7) is 2.14. The molecule has 0 bridgehead atoms. The van der Waals surface area contributed by atoms with Gasteiger partial charge in [-0.1, -0.05) is 28.9 Å². The SMILES string of the molecule is Cc1cc(NC(=O)NCc2cccc(Cl)c2)no1. The third-order valence-electron chi connectivity index (χ3n) is 2.21. The molecule has 1 aromatic carbocycles. The van der Waals surface area contributed by atoms with E-state index in [9.17, 15) is 4.79 Å². The number of hydrogen-bond donors (Lipinski definition) is 2. The number of halogens is 1. The Morgan fingerprint density at radius 3 is 2.94 bits per heavy atom. The van der Waals surface area contributed by atoms with Gasteiger partial charge in [0.05, 0.1) is 0 Å². The molecule has 6 heteroatoms. The maximum Gasteiger partial charge on any atom is 0.320 e. The van der Waals surface area contributed by atoms with E-state index in [1.807, 2.05) is 12.1 Å². The molecule has 0 aliphatic rings. The molecule has 0 saturated carbocycles. The highest BCUT2D eigenvalue weighted by Crippen LogP contribution is 2.10. The number of carbonyl (C=O) groups excluding carboxylic acids is 1. The van der Waals surface area contributed by atoms with Crippen molar-refractivity contribution in [1.82, 2.24) is 10.5 Å². The zero-order valence-electron chi connectivity index (χ0n) is 9.74. The van der Waals surface area contributed by atoms with Crippen molar-refractivity contribution in [2.45, 2.75) is 13.5 Å². The zero-order valence-corrected chi connectivity index (χ0v) is 10.5. The first-order valence-electron chi connectivity index (χ1n) is 5.36. The van der Waals surface area contributed by atoms with E-state index in [2.05, 4.69) is 15.8 Å². The highest BCUT2D eigenvalue weighted by molar-refractivity contribution is 6.30. The number of nitrogens with zero attached hydrogens (tertiary/aromatic N) is 1. The van der Waals surface area contributed by atoms with E-state index >= 15 is 0 Å². The molecular formula is C12H12ClN3O2. The molecule has 18 heavy (non-hydrogen) atoms. The molecule has 0 radical (unpaired) electrons. The molecule has 2 aromatic rings. The molecule has 0 aliphatic heterocycles. The van der Waals surface area contributed by atoms with Crippen LogP contribution in [0.5, 0.6) is 0 Å². The average Bonchev–Trinajstić information content (AvgIpc) is 2.72. The van der Waals surface area contributed by atoms with Gasteiger partial charge < -0.3 is 9.84 Å². The predicted octanol–water partition coefficient (Wildman–Crippen LogP) is 2.96. The van der Waals surface area contributed by atoms with Gasteiger partial charge in [0.25, 0.3) is 0 Å². The van der Waals surface area contributed by atoms with E-state index in [0.29, 0.717) is 23.1 Å². The maximum atomic E-state index is 11.5. The summed E-state index contributed by atoms with van der Waals surface area (Å²) in [5, 5.41) is 9.55. The summed E-state index contributed by atoms with van der Waals surface area (Å²) in [5.41, 5.74) is 0.925. The summed E-state index contributed by atoms with van der Waals surface area (Å²) in [6.07, 6.45) is 0. The normalized spacial score (nSPS) is 10.1. The van der Waals surface area contributed by atoms with E-state index in [4.69, 9.17) is 16.1 Å². The fourth-order valence-corrected chi connectivity index (χ4v) is 1.63. The third kappa shape index (κ3) is 3.49. The van der Waals surface area contributed by atoms with Crippen molar-refractivity contribution in [3.63, 3.8) is 0 Å². The number of rotatable bonds is 3. The van der Waals surface area contributed by atoms with Crippen molar-refractivity contribution in [3.8, 4) is 0 Å². The molecule has 1 heterocycles. The maximum absolute atomic E-state index is 11.5. The van der Waals surface area contributed by atoms with Crippen LogP contribution in [-0.2, 0) is 6.54 Å². The topological polar surface area (TPSA) is 67.2 Å². The second-order valence-corrected chi connectivity index (χ2v) is 4.20. The molecule has 2 amide bonds. The Morgan fingerprint density at radius 1 is 1.44 bits per heavy atom. The average molecular weight is 266 g/mol. The minimum absolute atomic E-state index is 0.344. The van der Waals surface area contributed by atoms with Gasteiger partial charge in [0.2, 0.25) is 0 Å². The summed E-state index contributed by atoms with van der Waals surface area (Å²) >= 11 is 5.84. The lowest BCUT2D eigenvalue weighted by Crippen LogP contribution is -2.28. The molecule has 0 unspecified atom stereocenters. The molecule has 0 fully saturated rings. The molecule has 0 spiro atoms. The monoisotopic (exact) mass is 265 g/mol. The fraction of sp³-hybridized carbons (Fsp3) is 0.167. The molecule has 0 aliphatic carbocycles. The van der Waals surface area contributed by atoms with Crippen molar-refractivity contribution in [2.24, 2.45) is 0 Å². The molecule has 94 valence electrons. The van der Waals surface area contributed by atoms with Gasteiger partial charge in [0.15, 0.2) is 5.82 Å². The summed E-state index contributed by atoms with van der Waals surface area (Å²) in [7, 11) is 0. The van der Waals surface area contributed by atoms with Crippen molar-refractivity contribution in [3.05, 3.63) is 46.7 Å². The zero-order chi connectivity index (χ0) is 13.0. The summed E-state index contributed by atoms with van der Waals surface area (Å²) in [6, 6.07) is 8.58. The number of urea groups is 1. The predicted molar refractivity (Wildman–Crippen MR) is 68.6 cm³/mol. The van der Waals surface area contributed by atoms with Gasteiger partial charge in [-0.25, -0.2) is 4.79 Å². The van der Waals surface area contributed by atoms with E-state index in [-0.39, 0.29) is 6.03 Å². The lowest BCUT2D eigenvalue weighted by atomic mass is 10.2. The first-order chi connectivity index (χ1) is 8.63. The number of aromatic nitrogens is 1. The highest BCUT2D eigenvalue weighted by Gasteiger charge is 2.05. The molecule has 2 N–H and O–H groups in total. The van der Waals surface area contributed by atoms with E-state index in [0.717, 1.165) is 5.56 Å². The smallest absolute Gasteiger partial charge is 0.320 e. The molecule has 5 nitrogen and oxygen atoms in total. The van der Waals surface area contributed by atoms with Crippen LogP contribution >= 0.6 is 11.6 Å². The van der Waals surface area contributed by atoms with Crippen molar-refractivity contribution < 1.29 is 9.32 Å². The Labute approximate surface area is 109 Å². The van der Waals surface area contributed by atoms with Gasteiger partial charge in [-0.15, -0.1) is 0 Å². The first kappa shape index (κ1) is 12.4. The van der Waals surface area contributed by atoms with Crippen LogP contribution in [0, 0.1) is 6.92 Å². The van der Waals surface area contributed by atoms with E-state index in [1.54, 1.807) is 25.1 Å². The van der Waals surface area contributed by atoms with Gasteiger partial charge in [-0.05, 0) is 24.6 Å². The van der Waals surface area contributed by atoms with Crippen LogP contribution in [-0.4, -0.2) is 11.2 Å². The lowest BCUT2D eigenvalue weighted by molar-refractivity contribution is 0.251. The van der Waals surface area contributed by atoms with Crippen molar-refractivity contribution in [2.75, 3.05) is 5.32 Å². The van der Waals surface area contributed by atoms with Gasteiger partial charge in [0, 0.05) is 17.6 Å². The van der Waals surface area contributed by atoms with Crippen molar-refractivity contribution in [1.29, 1.82) is 0 Å². The number of amides is 2. The van der Waals surface area contributed by atoms with Gasteiger partial charge in [-0.2, -0.15) is 0 Å².